The number of allylic oxidation sites excluding steroid dienone is 1. The molecule has 2 bridgehead atoms. The van der Waals surface area contributed by atoms with Gasteiger partial charge in [0.15, 0.2) is 0 Å². The molecule has 15 heavy (non-hydrogen) atoms. The Bertz CT molecular complexity index is 313. The van der Waals surface area contributed by atoms with Crippen molar-refractivity contribution in [2.24, 2.45) is 16.7 Å². The van der Waals surface area contributed by atoms with Gasteiger partial charge in [-0.05, 0) is 37.0 Å². The smallest absolute Gasteiger partial charge is 0.139 e. The van der Waals surface area contributed by atoms with Crippen molar-refractivity contribution < 1.29 is 4.79 Å². The van der Waals surface area contributed by atoms with Gasteiger partial charge in [0.25, 0.3) is 0 Å². The van der Waals surface area contributed by atoms with Crippen molar-refractivity contribution >= 4 is 5.78 Å². The third-order valence-electron chi connectivity index (χ3n) is 5.00. The molecule has 0 aromatic carbocycles. The van der Waals surface area contributed by atoms with Crippen LogP contribution in [0.1, 0.15) is 52.9 Å². The number of hydrogen-bond donors (Lipinski definition) is 0. The minimum atomic E-state index is -0.00792. The van der Waals surface area contributed by atoms with Gasteiger partial charge in [0.1, 0.15) is 5.78 Å². The van der Waals surface area contributed by atoms with E-state index in [1.54, 1.807) is 0 Å². The van der Waals surface area contributed by atoms with E-state index in [4.69, 9.17) is 0 Å². The number of hydrogen-bond acceptors (Lipinski definition) is 1. The van der Waals surface area contributed by atoms with E-state index >= 15 is 0 Å². The van der Waals surface area contributed by atoms with Crippen molar-refractivity contribution in [1.82, 2.24) is 0 Å². The lowest BCUT2D eigenvalue weighted by Gasteiger charge is -2.43. The van der Waals surface area contributed by atoms with E-state index in [0.29, 0.717) is 18.1 Å². The SMILES string of the molecule is C=C1C[C@@]2(C(=O)CC)CC[C@H](C2)C1(C)C. The summed E-state index contributed by atoms with van der Waals surface area (Å²) >= 11 is 0. The van der Waals surface area contributed by atoms with Crippen LogP contribution < -0.4 is 0 Å². The Balaban J connectivity index is 2.30. The molecule has 2 atom stereocenters. The fraction of sp³-hybridized carbons (Fsp3) is 0.786. The van der Waals surface area contributed by atoms with Gasteiger partial charge < -0.3 is 0 Å². The summed E-state index contributed by atoms with van der Waals surface area (Å²) in [6.45, 7) is 10.8. The summed E-state index contributed by atoms with van der Waals surface area (Å²) in [4.78, 5) is 12.1. The molecule has 1 nitrogen and oxygen atoms in total. The van der Waals surface area contributed by atoms with Gasteiger partial charge in [-0.2, -0.15) is 0 Å². The second-order valence-corrected chi connectivity index (χ2v) is 6.00. The molecule has 2 fully saturated rings. The van der Waals surface area contributed by atoms with Gasteiger partial charge in [-0.15, -0.1) is 0 Å². The first kappa shape index (κ1) is 10.9. The molecule has 0 amide bonds. The topological polar surface area (TPSA) is 17.1 Å². The molecule has 2 rings (SSSR count). The number of Topliss-reactive ketones (excluding diaryl/α,β-unsaturated/α-hetero) is 1. The molecular weight excluding hydrogens is 184 g/mol. The van der Waals surface area contributed by atoms with Gasteiger partial charge in [0.2, 0.25) is 0 Å². The van der Waals surface area contributed by atoms with Crippen molar-refractivity contribution in [1.29, 1.82) is 0 Å². The zero-order valence-corrected chi connectivity index (χ0v) is 10.2. The van der Waals surface area contributed by atoms with Crippen LogP contribution in [-0.2, 0) is 4.79 Å². The first-order chi connectivity index (χ1) is 6.92. The molecular formula is C14H22O. The summed E-state index contributed by atoms with van der Waals surface area (Å²) in [6.07, 6.45) is 5.08. The molecule has 0 spiro atoms. The van der Waals surface area contributed by atoms with Crippen molar-refractivity contribution in [3.05, 3.63) is 12.2 Å². The number of fused-ring (bicyclic) bond motifs is 2. The third kappa shape index (κ3) is 1.39. The fourth-order valence-corrected chi connectivity index (χ4v) is 3.55. The van der Waals surface area contributed by atoms with Gasteiger partial charge in [-0.3, -0.25) is 4.79 Å². The van der Waals surface area contributed by atoms with E-state index in [-0.39, 0.29) is 10.8 Å². The molecule has 0 heterocycles. The van der Waals surface area contributed by atoms with Crippen LogP contribution in [0.15, 0.2) is 12.2 Å². The normalized spacial score (nSPS) is 38.1. The van der Waals surface area contributed by atoms with Gasteiger partial charge in [-0.1, -0.05) is 32.9 Å². The van der Waals surface area contributed by atoms with Gasteiger partial charge in [0.05, 0.1) is 0 Å². The maximum atomic E-state index is 12.1. The quantitative estimate of drug-likeness (QED) is 0.629. The Morgan fingerprint density at radius 2 is 2.20 bits per heavy atom. The molecule has 0 unspecified atom stereocenters. The van der Waals surface area contributed by atoms with Crippen LogP contribution in [0, 0.1) is 16.7 Å². The summed E-state index contributed by atoms with van der Waals surface area (Å²) in [5, 5.41) is 0. The molecule has 2 aliphatic carbocycles. The fourth-order valence-electron chi connectivity index (χ4n) is 3.55. The predicted molar refractivity (Wildman–Crippen MR) is 62.6 cm³/mol. The number of carbonyl (C=O) groups is 1. The van der Waals surface area contributed by atoms with E-state index in [1.807, 2.05) is 6.92 Å². The molecule has 0 aromatic rings. The Hall–Kier alpha value is -0.590. The molecule has 84 valence electrons. The minimum absolute atomic E-state index is 0.00792. The van der Waals surface area contributed by atoms with Crippen LogP contribution in [0.4, 0.5) is 0 Å². The summed E-state index contributed by atoms with van der Waals surface area (Å²) in [6, 6.07) is 0. The minimum Gasteiger partial charge on any atom is -0.299 e. The van der Waals surface area contributed by atoms with E-state index in [2.05, 4.69) is 20.4 Å². The summed E-state index contributed by atoms with van der Waals surface area (Å²) in [5.41, 5.74) is 1.55. The van der Waals surface area contributed by atoms with Crippen LogP contribution in [-0.4, -0.2) is 5.78 Å². The molecule has 2 aliphatic rings. The molecule has 0 N–H and O–H groups in total. The van der Waals surface area contributed by atoms with Crippen molar-refractivity contribution in [2.45, 2.75) is 52.9 Å². The highest BCUT2D eigenvalue weighted by Crippen LogP contribution is 2.60. The molecule has 0 aromatic heterocycles. The highest BCUT2D eigenvalue weighted by atomic mass is 16.1. The molecule has 0 saturated heterocycles. The first-order valence-corrected chi connectivity index (χ1v) is 6.14. The molecule has 0 aliphatic heterocycles. The Morgan fingerprint density at radius 1 is 1.53 bits per heavy atom. The lowest BCUT2D eigenvalue weighted by atomic mass is 9.61. The van der Waals surface area contributed by atoms with E-state index in [1.165, 1.54) is 12.0 Å². The zero-order chi connectivity index (χ0) is 11.3. The van der Waals surface area contributed by atoms with Crippen LogP contribution in [0.3, 0.4) is 0 Å². The molecule has 0 radical (unpaired) electrons. The van der Waals surface area contributed by atoms with Gasteiger partial charge >= 0.3 is 0 Å². The Kier molecular flexibility index (Phi) is 2.33. The van der Waals surface area contributed by atoms with Gasteiger partial charge in [-0.25, -0.2) is 0 Å². The molecule has 2 saturated carbocycles. The van der Waals surface area contributed by atoms with Crippen LogP contribution in [0.2, 0.25) is 0 Å². The average molecular weight is 206 g/mol. The largest absolute Gasteiger partial charge is 0.299 e. The van der Waals surface area contributed by atoms with Crippen molar-refractivity contribution in [3.8, 4) is 0 Å². The van der Waals surface area contributed by atoms with Gasteiger partial charge in [0, 0.05) is 11.8 Å². The maximum absolute atomic E-state index is 12.1. The first-order valence-electron chi connectivity index (χ1n) is 6.14. The summed E-state index contributed by atoms with van der Waals surface area (Å²) in [5.74, 6) is 1.16. The highest BCUT2D eigenvalue weighted by Gasteiger charge is 2.53. The maximum Gasteiger partial charge on any atom is 0.139 e. The van der Waals surface area contributed by atoms with Crippen LogP contribution >= 0.6 is 0 Å². The lowest BCUT2D eigenvalue weighted by molar-refractivity contribution is -0.129. The molecule has 1 heteroatoms. The van der Waals surface area contributed by atoms with E-state index in [0.717, 1.165) is 19.3 Å². The number of rotatable bonds is 2. The highest BCUT2D eigenvalue weighted by molar-refractivity contribution is 5.85. The van der Waals surface area contributed by atoms with Crippen molar-refractivity contribution in [2.75, 3.05) is 0 Å². The lowest BCUT2D eigenvalue weighted by Crippen LogP contribution is -2.38. The van der Waals surface area contributed by atoms with Crippen LogP contribution in [0.5, 0.6) is 0 Å². The van der Waals surface area contributed by atoms with E-state index < -0.39 is 0 Å². The zero-order valence-electron chi connectivity index (χ0n) is 10.2. The second-order valence-electron chi connectivity index (χ2n) is 6.00. The van der Waals surface area contributed by atoms with Crippen molar-refractivity contribution in [3.63, 3.8) is 0 Å². The predicted octanol–water partition coefficient (Wildman–Crippen LogP) is 3.74. The number of carbonyl (C=O) groups excluding carboxylic acids is 1. The van der Waals surface area contributed by atoms with E-state index in [9.17, 15) is 4.79 Å². The monoisotopic (exact) mass is 206 g/mol. The standard InChI is InChI=1S/C14H22O/c1-5-12(15)14-7-6-11(9-14)13(3,4)10(2)8-14/h11H,2,5-9H2,1,3-4H3/t11-,14+/m1/s1. The Labute approximate surface area is 92.9 Å². The Morgan fingerprint density at radius 3 is 2.80 bits per heavy atom. The summed E-state index contributed by atoms with van der Waals surface area (Å²) in [7, 11) is 0. The second kappa shape index (κ2) is 3.20. The third-order valence-corrected chi connectivity index (χ3v) is 5.00. The summed E-state index contributed by atoms with van der Waals surface area (Å²) < 4.78 is 0. The average Bonchev–Trinajstić information content (AvgIpc) is 2.58. The number of ketones is 1. The van der Waals surface area contributed by atoms with Crippen LogP contribution in [0.25, 0.3) is 0 Å².